The highest BCUT2D eigenvalue weighted by Gasteiger charge is 2.22. The fourth-order valence-corrected chi connectivity index (χ4v) is 1.77. The van der Waals surface area contributed by atoms with Crippen molar-refractivity contribution in [2.75, 3.05) is 24.5 Å². The Balaban J connectivity index is 2.49. The van der Waals surface area contributed by atoms with Crippen LogP contribution >= 0.6 is 0 Å². The van der Waals surface area contributed by atoms with Gasteiger partial charge in [0.25, 0.3) is 0 Å². The molecule has 0 heterocycles. The molecule has 1 atom stereocenters. The topological polar surface area (TPSA) is 52.6 Å². The number of carbonyl (C=O) groups excluding carboxylic acids is 1. The summed E-state index contributed by atoms with van der Waals surface area (Å²) in [7, 11) is 0. The van der Waals surface area contributed by atoms with Gasteiger partial charge in [-0.1, -0.05) is 39.0 Å². The summed E-state index contributed by atoms with van der Waals surface area (Å²) in [6, 6.07) is 9.84. The summed E-state index contributed by atoms with van der Waals surface area (Å²) in [5.74, 6) is -0.0704. The molecule has 0 saturated heterocycles. The molecule has 0 aliphatic heterocycles. The van der Waals surface area contributed by atoms with Gasteiger partial charge in [0.2, 0.25) is 5.91 Å². The molecule has 0 radical (unpaired) electrons. The molecule has 4 nitrogen and oxygen atoms in total. The molecule has 0 aliphatic carbocycles. The van der Waals surface area contributed by atoms with E-state index in [1.54, 1.807) is 0 Å². The first kappa shape index (κ1) is 16.5. The minimum Gasteiger partial charge on any atom is -0.391 e. The number of benzene rings is 1. The van der Waals surface area contributed by atoms with Crippen molar-refractivity contribution in [1.29, 1.82) is 0 Å². The second-order valence-electron chi connectivity index (χ2n) is 6.04. The molecule has 1 rings (SSSR count). The summed E-state index contributed by atoms with van der Waals surface area (Å²) < 4.78 is 0. The van der Waals surface area contributed by atoms with Crippen molar-refractivity contribution in [3.8, 4) is 0 Å². The molecule has 4 heteroatoms. The Labute approximate surface area is 121 Å². The SMILES string of the molecule is CCN(CC(=O)NCC(O)C(C)(C)C)c1ccccc1. The molecule has 0 spiro atoms. The van der Waals surface area contributed by atoms with Crippen molar-refractivity contribution in [2.24, 2.45) is 5.41 Å². The molecule has 112 valence electrons. The number of aliphatic hydroxyl groups is 1. The van der Waals surface area contributed by atoms with Gasteiger partial charge < -0.3 is 15.3 Å². The maximum absolute atomic E-state index is 12.0. The molecule has 1 aromatic rings. The van der Waals surface area contributed by atoms with Crippen molar-refractivity contribution in [2.45, 2.75) is 33.8 Å². The molecule has 0 aliphatic rings. The van der Waals surface area contributed by atoms with Crippen molar-refractivity contribution in [1.82, 2.24) is 5.32 Å². The zero-order valence-corrected chi connectivity index (χ0v) is 12.9. The zero-order valence-electron chi connectivity index (χ0n) is 12.9. The second kappa shape index (κ2) is 7.29. The molecule has 1 aromatic carbocycles. The summed E-state index contributed by atoms with van der Waals surface area (Å²) in [5.41, 5.74) is 0.804. The van der Waals surface area contributed by atoms with Gasteiger partial charge in [-0.05, 0) is 24.5 Å². The van der Waals surface area contributed by atoms with E-state index in [2.05, 4.69) is 5.32 Å². The van der Waals surface area contributed by atoms with Crippen molar-refractivity contribution in [3.63, 3.8) is 0 Å². The van der Waals surface area contributed by atoms with Gasteiger partial charge in [0.1, 0.15) is 0 Å². The van der Waals surface area contributed by atoms with E-state index in [-0.39, 0.29) is 17.9 Å². The molecule has 2 N–H and O–H groups in total. The predicted molar refractivity (Wildman–Crippen MR) is 82.8 cm³/mol. The first-order chi connectivity index (χ1) is 9.34. The summed E-state index contributed by atoms with van der Waals surface area (Å²) in [4.78, 5) is 14.0. The first-order valence-electron chi connectivity index (χ1n) is 7.09. The summed E-state index contributed by atoms with van der Waals surface area (Å²) >= 11 is 0. The zero-order chi connectivity index (χ0) is 15.2. The lowest BCUT2D eigenvalue weighted by Crippen LogP contribution is -2.43. The van der Waals surface area contributed by atoms with Crippen LogP contribution in [0.2, 0.25) is 0 Å². The third-order valence-electron chi connectivity index (χ3n) is 3.33. The number of hydrogen-bond donors (Lipinski definition) is 2. The summed E-state index contributed by atoms with van der Waals surface area (Å²) in [6.07, 6.45) is -0.543. The van der Waals surface area contributed by atoms with Crippen LogP contribution in [0.3, 0.4) is 0 Å². The van der Waals surface area contributed by atoms with Crippen LogP contribution in [0.25, 0.3) is 0 Å². The van der Waals surface area contributed by atoms with E-state index in [0.717, 1.165) is 12.2 Å². The first-order valence-corrected chi connectivity index (χ1v) is 7.09. The van der Waals surface area contributed by atoms with Crippen molar-refractivity contribution in [3.05, 3.63) is 30.3 Å². The lowest BCUT2D eigenvalue weighted by molar-refractivity contribution is -0.120. The van der Waals surface area contributed by atoms with E-state index < -0.39 is 6.10 Å². The normalized spacial score (nSPS) is 12.8. The Bertz CT molecular complexity index is 412. The van der Waals surface area contributed by atoms with Crippen LogP contribution in [0.15, 0.2) is 30.3 Å². The maximum atomic E-state index is 12.0. The molecular weight excluding hydrogens is 252 g/mol. The third-order valence-corrected chi connectivity index (χ3v) is 3.33. The molecule has 1 amide bonds. The number of hydrogen-bond acceptors (Lipinski definition) is 3. The third kappa shape index (κ3) is 5.21. The average Bonchev–Trinajstić information content (AvgIpc) is 2.42. The Kier molecular flexibility index (Phi) is 6.02. The molecule has 0 aromatic heterocycles. The predicted octanol–water partition coefficient (Wildman–Crippen LogP) is 2.04. The van der Waals surface area contributed by atoms with Gasteiger partial charge in [0.15, 0.2) is 0 Å². The van der Waals surface area contributed by atoms with Crippen LogP contribution < -0.4 is 10.2 Å². The van der Waals surface area contributed by atoms with Gasteiger partial charge >= 0.3 is 0 Å². The van der Waals surface area contributed by atoms with Crippen LogP contribution in [0, 0.1) is 5.41 Å². The van der Waals surface area contributed by atoms with Crippen LogP contribution in [-0.2, 0) is 4.79 Å². The second-order valence-corrected chi connectivity index (χ2v) is 6.04. The fraction of sp³-hybridized carbons (Fsp3) is 0.562. The Hall–Kier alpha value is -1.55. The van der Waals surface area contributed by atoms with E-state index in [4.69, 9.17) is 0 Å². The number of para-hydroxylation sites is 1. The van der Waals surface area contributed by atoms with Crippen molar-refractivity contribution >= 4 is 11.6 Å². The Morgan fingerprint density at radius 1 is 1.30 bits per heavy atom. The van der Waals surface area contributed by atoms with Crippen LogP contribution in [-0.4, -0.2) is 36.8 Å². The van der Waals surface area contributed by atoms with Gasteiger partial charge in [-0.2, -0.15) is 0 Å². The number of rotatable bonds is 6. The van der Waals surface area contributed by atoms with E-state index >= 15 is 0 Å². The average molecular weight is 278 g/mol. The minimum atomic E-state index is -0.543. The maximum Gasteiger partial charge on any atom is 0.239 e. The van der Waals surface area contributed by atoms with Crippen LogP contribution in [0.4, 0.5) is 5.69 Å². The lowest BCUT2D eigenvalue weighted by Gasteiger charge is -2.27. The highest BCUT2D eigenvalue weighted by Crippen LogP contribution is 2.18. The minimum absolute atomic E-state index is 0.0704. The fourth-order valence-electron chi connectivity index (χ4n) is 1.77. The monoisotopic (exact) mass is 278 g/mol. The standard InChI is InChI=1S/C16H26N2O2/c1-5-18(13-9-7-6-8-10-13)12-15(20)17-11-14(19)16(2,3)4/h6-10,14,19H,5,11-12H2,1-4H3,(H,17,20). The van der Waals surface area contributed by atoms with E-state index in [9.17, 15) is 9.90 Å². The number of aliphatic hydroxyl groups excluding tert-OH is 1. The number of amides is 1. The summed E-state index contributed by atoms with van der Waals surface area (Å²) in [6.45, 7) is 9.22. The quantitative estimate of drug-likeness (QED) is 0.837. The van der Waals surface area contributed by atoms with Crippen LogP contribution in [0.1, 0.15) is 27.7 Å². The molecule has 1 unspecified atom stereocenters. The number of nitrogens with one attached hydrogen (secondary N) is 1. The van der Waals surface area contributed by atoms with Crippen LogP contribution in [0.5, 0.6) is 0 Å². The highest BCUT2D eigenvalue weighted by molar-refractivity contribution is 5.81. The Morgan fingerprint density at radius 3 is 2.40 bits per heavy atom. The molecule has 0 fully saturated rings. The van der Waals surface area contributed by atoms with Gasteiger partial charge in [0.05, 0.1) is 12.6 Å². The molecular formula is C16H26N2O2. The van der Waals surface area contributed by atoms with E-state index in [0.29, 0.717) is 6.54 Å². The van der Waals surface area contributed by atoms with Gasteiger partial charge in [0, 0.05) is 18.8 Å². The largest absolute Gasteiger partial charge is 0.391 e. The number of nitrogens with zero attached hydrogens (tertiary/aromatic N) is 1. The number of anilines is 1. The Morgan fingerprint density at radius 2 is 1.90 bits per heavy atom. The molecule has 20 heavy (non-hydrogen) atoms. The molecule has 0 bridgehead atoms. The smallest absolute Gasteiger partial charge is 0.239 e. The van der Waals surface area contributed by atoms with Gasteiger partial charge in [-0.3, -0.25) is 4.79 Å². The highest BCUT2D eigenvalue weighted by atomic mass is 16.3. The molecule has 0 saturated carbocycles. The van der Waals surface area contributed by atoms with E-state index in [1.807, 2.05) is 62.9 Å². The van der Waals surface area contributed by atoms with Gasteiger partial charge in [-0.25, -0.2) is 0 Å². The van der Waals surface area contributed by atoms with E-state index in [1.165, 1.54) is 0 Å². The van der Waals surface area contributed by atoms with Crippen molar-refractivity contribution < 1.29 is 9.90 Å². The van der Waals surface area contributed by atoms with Gasteiger partial charge in [-0.15, -0.1) is 0 Å². The summed E-state index contributed by atoms with van der Waals surface area (Å²) in [5, 5.41) is 12.7. The number of carbonyl (C=O) groups is 1. The lowest BCUT2D eigenvalue weighted by atomic mass is 9.89. The number of likely N-dealkylation sites (N-methyl/N-ethyl adjacent to an activating group) is 1.